The van der Waals surface area contributed by atoms with Crippen molar-refractivity contribution in [3.63, 3.8) is 0 Å². The van der Waals surface area contributed by atoms with Gasteiger partial charge < -0.3 is 26.0 Å². The van der Waals surface area contributed by atoms with Crippen molar-refractivity contribution in [3.05, 3.63) is 35.9 Å². The Kier molecular flexibility index (Phi) is 7.75. The summed E-state index contributed by atoms with van der Waals surface area (Å²) in [4.78, 5) is 34.8. The van der Waals surface area contributed by atoms with Gasteiger partial charge in [0.2, 0.25) is 0 Å². The monoisotopic (exact) mass is 378 g/mol. The third-order valence-electron chi connectivity index (χ3n) is 4.91. The molecule has 0 radical (unpaired) electrons. The second kappa shape index (κ2) is 10.0. The average Bonchev–Trinajstić information content (AvgIpc) is 2.70. The second-order valence-corrected chi connectivity index (χ2v) is 6.89. The Labute approximate surface area is 157 Å². The highest BCUT2D eigenvalue weighted by atomic mass is 16.4. The summed E-state index contributed by atoms with van der Waals surface area (Å²) in [5.41, 5.74) is 0.828. The molecule has 8 nitrogen and oxygen atoms in total. The summed E-state index contributed by atoms with van der Waals surface area (Å²) in [6, 6.07) is 9.06. The number of hydrogen-bond acceptors (Lipinski definition) is 5. The van der Waals surface area contributed by atoms with Gasteiger partial charge in [-0.05, 0) is 37.2 Å². The van der Waals surface area contributed by atoms with E-state index >= 15 is 0 Å². The number of aliphatic hydroxyl groups is 2. The first kappa shape index (κ1) is 20.9. The van der Waals surface area contributed by atoms with E-state index in [0.29, 0.717) is 25.7 Å². The molecule has 0 unspecified atom stereocenters. The molecule has 2 rings (SSSR count). The van der Waals surface area contributed by atoms with Crippen LogP contribution in [0.4, 0.5) is 0 Å². The first-order valence-electron chi connectivity index (χ1n) is 9.06. The molecule has 27 heavy (non-hydrogen) atoms. The van der Waals surface area contributed by atoms with Crippen LogP contribution in [0.3, 0.4) is 0 Å². The van der Waals surface area contributed by atoms with E-state index in [1.807, 2.05) is 18.2 Å². The topological polar surface area (TPSA) is 136 Å². The molecule has 1 saturated carbocycles. The Hall–Kier alpha value is -2.45. The number of aliphatic carboxylic acids is 1. The predicted molar refractivity (Wildman–Crippen MR) is 96.4 cm³/mol. The smallest absolute Gasteiger partial charge is 0.306 e. The number of carbonyl (C=O) groups excluding carboxylic acids is 2. The fourth-order valence-corrected chi connectivity index (χ4v) is 3.14. The third kappa shape index (κ3) is 6.33. The van der Waals surface area contributed by atoms with Gasteiger partial charge in [0.25, 0.3) is 11.8 Å². The van der Waals surface area contributed by atoms with Crippen molar-refractivity contribution < 1.29 is 29.7 Å². The molecule has 5 N–H and O–H groups in total. The molecule has 0 heterocycles. The molecular weight excluding hydrogens is 352 g/mol. The number of nitrogens with one attached hydrogen (secondary N) is 2. The summed E-state index contributed by atoms with van der Waals surface area (Å²) in [7, 11) is 0. The van der Waals surface area contributed by atoms with Gasteiger partial charge in [-0.2, -0.15) is 0 Å². The number of aliphatic hydroxyl groups excluding tert-OH is 2. The van der Waals surface area contributed by atoms with Gasteiger partial charge in [0.15, 0.2) is 12.2 Å². The molecule has 0 aromatic heterocycles. The molecule has 1 fully saturated rings. The molecule has 1 aliphatic carbocycles. The van der Waals surface area contributed by atoms with Crippen LogP contribution < -0.4 is 10.6 Å². The van der Waals surface area contributed by atoms with Gasteiger partial charge in [0, 0.05) is 13.1 Å². The third-order valence-corrected chi connectivity index (χ3v) is 4.91. The van der Waals surface area contributed by atoms with Crippen LogP contribution in [0.15, 0.2) is 30.3 Å². The van der Waals surface area contributed by atoms with Gasteiger partial charge in [-0.15, -0.1) is 0 Å². The molecule has 8 heteroatoms. The van der Waals surface area contributed by atoms with Gasteiger partial charge in [0.05, 0.1) is 5.92 Å². The van der Waals surface area contributed by atoms with Crippen LogP contribution in [0.1, 0.15) is 31.2 Å². The minimum atomic E-state index is -1.86. The van der Waals surface area contributed by atoms with Crippen LogP contribution in [0.25, 0.3) is 0 Å². The lowest BCUT2D eigenvalue weighted by atomic mass is 9.82. The molecule has 1 aliphatic rings. The van der Waals surface area contributed by atoms with E-state index in [2.05, 4.69) is 10.6 Å². The summed E-state index contributed by atoms with van der Waals surface area (Å²) < 4.78 is 0. The van der Waals surface area contributed by atoms with E-state index in [1.54, 1.807) is 12.1 Å². The average molecular weight is 378 g/mol. The van der Waals surface area contributed by atoms with E-state index in [0.717, 1.165) is 5.56 Å². The Morgan fingerprint density at radius 2 is 1.48 bits per heavy atom. The lowest BCUT2D eigenvalue weighted by Crippen LogP contribution is -2.50. The molecule has 2 amide bonds. The first-order chi connectivity index (χ1) is 12.9. The fraction of sp³-hybridized carbons (Fsp3) is 0.526. The molecule has 148 valence electrons. The zero-order valence-corrected chi connectivity index (χ0v) is 15.0. The standard InChI is InChI=1S/C19H26N2O6/c22-15(17(24)20-10-12-4-2-1-3-5-12)16(23)18(25)21-11-13-6-8-14(9-7-13)19(26)27/h1-5,13-16,22-23H,6-11H2,(H,20,24)(H,21,25)(H,26,27)/t13?,14?,15-,16-/m1/s1. The van der Waals surface area contributed by atoms with Gasteiger partial charge in [-0.1, -0.05) is 30.3 Å². The van der Waals surface area contributed by atoms with Crippen LogP contribution in [0.5, 0.6) is 0 Å². The van der Waals surface area contributed by atoms with Crippen LogP contribution in [0.2, 0.25) is 0 Å². The van der Waals surface area contributed by atoms with Crippen LogP contribution in [0, 0.1) is 11.8 Å². The van der Waals surface area contributed by atoms with Crippen molar-refractivity contribution >= 4 is 17.8 Å². The highest BCUT2D eigenvalue weighted by Crippen LogP contribution is 2.28. The Morgan fingerprint density at radius 1 is 0.926 bits per heavy atom. The van der Waals surface area contributed by atoms with E-state index in [-0.39, 0.29) is 24.9 Å². The van der Waals surface area contributed by atoms with E-state index in [4.69, 9.17) is 5.11 Å². The molecule has 0 aliphatic heterocycles. The number of carboxylic acids is 1. The largest absolute Gasteiger partial charge is 0.481 e. The van der Waals surface area contributed by atoms with Crippen molar-refractivity contribution in [3.8, 4) is 0 Å². The summed E-state index contributed by atoms with van der Waals surface area (Å²) in [5.74, 6) is -2.66. The number of hydrogen-bond donors (Lipinski definition) is 5. The number of rotatable bonds is 8. The van der Waals surface area contributed by atoms with Crippen molar-refractivity contribution in [2.45, 2.75) is 44.4 Å². The van der Waals surface area contributed by atoms with Crippen molar-refractivity contribution in [1.82, 2.24) is 10.6 Å². The van der Waals surface area contributed by atoms with Gasteiger partial charge in [-0.25, -0.2) is 0 Å². The maximum atomic E-state index is 12.0. The molecule has 0 spiro atoms. The second-order valence-electron chi connectivity index (χ2n) is 6.89. The molecule has 2 atom stereocenters. The maximum absolute atomic E-state index is 12.0. The van der Waals surface area contributed by atoms with Crippen LogP contribution in [-0.2, 0) is 20.9 Å². The summed E-state index contributed by atoms with van der Waals surface area (Å²) >= 11 is 0. The van der Waals surface area contributed by atoms with Crippen molar-refractivity contribution in [1.29, 1.82) is 0 Å². The van der Waals surface area contributed by atoms with E-state index < -0.39 is 30.0 Å². The highest BCUT2D eigenvalue weighted by molar-refractivity contribution is 5.90. The zero-order valence-electron chi connectivity index (χ0n) is 15.0. The SMILES string of the molecule is O=C(O)C1CCC(CNC(=O)[C@H](O)[C@@H](O)C(=O)NCc2ccccc2)CC1. The Balaban J connectivity index is 1.72. The van der Waals surface area contributed by atoms with Crippen LogP contribution in [-0.4, -0.2) is 51.9 Å². The lowest BCUT2D eigenvalue weighted by Gasteiger charge is -2.26. The maximum Gasteiger partial charge on any atom is 0.306 e. The first-order valence-corrected chi connectivity index (χ1v) is 9.06. The number of benzene rings is 1. The number of carbonyl (C=O) groups is 3. The zero-order chi connectivity index (χ0) is 19.8. The summed E-state index contributed by atoms with van der Waals surface area (Å²) in [6.07, 6.45) is -1.26. The lowest BCUT2D eigenvalue weighted by molar-refractivity contribution is -0.146. The minimum Gasteiger partial charge on any atom is -0.481 e. The Morgan fingerprint density at radius 3 is 2.04 bits per heavy atom. The van der Waals surface area contributed by atoms with E-state index in [9.17, 15) is 24.6 Å². The fourth-order valence-electron chi connectivity index (χ4n) is 3.14. The van der Waals surface area contributed by atoms with Crippen molar-refractivity contribution in [2.75, 3.05) is 6.54 Å². The van der Waals surface area contributed by atoms with Gasteiger partial charge in [0.1, 0.15) is 0 Å². The normalized spacial score (nSPS) is 21.7. The van der Waals surface area contributed by atoms with Crippen molar-refractivity contribution in [2.24, 2.45) is 11.8 Å². The molecule has 0 saturated heterocycles. The minimum absolute atomic E-state index is 0.126. The molecule has 1 aromatic rings. The Bertz CT molecular complexity index is 643. The molecular formula is C19H26N2O6. The van der Waals surface area contributed by atoms with Crippen LogP contribution >= 0.6 is 0 Å². The quantitative estimate of drug-likeness (QED) is 0.433. The number of amides is 2. The molecule has 0 bridgehead atoms. The number of carboxylic acid groups (broad SMARTS) is 1. The molecule has 1 aromatic carbocycles. The summed E-state index contributed by atoms with van der Waals surface area (Å²) in [5, 5.41) is 33.8. The van der Waals surface area contributed by atoms with E-state index in [1.165, 1.54) is 0 Å². The van der Waals surface area contributed by atoms with Gasteiger partial charge >= 0.3 is 5.97 Å². The summed E-state index contributed by atoms with van der Waals surface area (Å²) in [6.45, 7) is 0.457. The van der Waals surface area contributed by atoms with Gasteiger partial charge in [-0.3, -0.25) is 14.4 Å². The highest BCUT2D eigenvalue weighted by Gasteiger charge is 2.31. The predicted octanol–water partition coefficient (Wildman–Crippen LogP) is 0.0318.